The van der Waals surface area contributed by atoms with Crippen LogP contribution >= 0.6 is 0 Å². The highest BCUT2D eigenvalue weighted by atomic mass is 19.1. The fourth-order valence-electron chi connectivity index (χ4n) is 3.70. The summed E-state index contributed by atoms with van der Waals surface area (Å²) in [5, 5.41) is 14.6. The van der Waals surface area contributed by atoms with Crippen LogP contribution in [0.2, 0.25) is 0 Å². The van der Waals surface area contributed by atoms with E-state index in [0.29, 0.717) is 25.2 Å². The number of hydrogen-bond donors (Lipinski definition) is 1. The molecule has 1 saturated heterocycles. The third-order valence-electron chi connectivity index (χ3n) is 5.55. The molecule has 0 spiro atoms. The van der Waals surface area contributed by atoms with Gasteiger partial charge in [0.15, 0.2) is 0 Å². The third-order valence-corrected chi connectivity index (χ3v) is 5.55. The zero-order valence-electron chi connectivity index (χ0n) is 16.9. The Labute approximate surface area is 178 Å². The van der Waals surface area contributed by atoms with Crippen LogP contribution in [0, 0.1) is 15.9 Å². The van der Waals surface area contributed by atoms with Gasteiger partial charge in [-0.1, -0.05) is 12.1 Å². The lowest BCUT2D eigenvalue weighted by Gasteiger charge is -2.22. The molecule has 1 aliphatic carbocycles. The summed E-state index contributed by atoms with van der Waals surface area (Å²) in [5.74, 6) is -1.29. The first kappa shape index (κ1) is 20.8. The fraction of sp³-hybridized carbons (Fsp3) is 0.364. The molecule has 1 aliphatic heterocycles. The quantitative estimate of drug-likeness (QED) is 0.585. The number of rotatable bonds is 5. The van der Waals surface area contributed by atoms with Crippen LogP contribution in [0.15, 0.2) is 42.5 Å². The molecule has 2 amide bonds. The van der Waals surface area contributed by atoms with Crippen molar-refractivity contribution >= 4 is 23.2 Å². The predicted octanol–water partition coefficient (Wildman–Crippen LogP) is 3.30. The van der Waals surface area contributed by atoms with E-state index in [2.05, 4.69) is 5.32 Å². The largest absolute Gasteiger partial charge is 0.377 e. The second-order valence-electron chi connectivity index (χ2n) is 7.83. The maximum Gasteiger partial charge on any atom is 0.293 e. The highest BCUT2D eigenvalue weighted by Crippen LogP contribution is 2.32. The first-order valence-corrected chi connectivity index (χ1v) is 10.3. The number of carbonyl (C=O) groups excluding carboxylic acids is 2. The normalized spacial score (nSPS) is 16.5. The van der Waals surface area contributed by atoms with Crippen molar-refractivity contribution in [3.63, 3.8) is 0 Å². The van der Waals surface area contributed by atoms with Gasteiger partial charge in [-0.3, -0.25) is 19.7 Å². The molecular formula is C22H23FN4O4. The molecule has 1 heterocycles. The summed E-state index contributed by atoms with van der Waals surface area (Å²) in [6.07, 6.45) is 2.50. The van der Waals surface area contributed by atoms with Crippen LogP contribution in [0.1, 0.15) is 40.0 Å². The second kappa shape index (κ2) is 8.71. The number of nitro groups is 1. The van der Waals surface area contributed by atoms with Gasteiger partial charge >= 0.3 is 0 Å². The Kier molecular flexibility index (Phi) is 5.83. The summed E-state index contributed by atoms with van der Waals surface area (Å²) in [6, 6.07) is 10.6. The van der Waals surface area contributed by atoms with Gasteiger partial charge < -0.3 is 15.1 Å². The van der Waals surface area contributed by atoms with Crippen LogP contribution < -0.4 is 5.32 Å². The molecule has 8 nitrogen and oxygen atoms in total. The van der Waals surface area contributed by atoms with Gasteiger partial charge in [-0.25, -0.2) is 4.39 Å². The van der Waals surface area contributed by atoms with E-state index in [1.165, 1.54) is 29.2 Å². The number of nitrogens with one attached hydrogen (secondary N) is 1. The minimum absolute atomic E-state index is 0.0108. The van der Waals surface area contributed by atoms with E-state index in [1.807, 2.05) is 0 Å². The zero-order chi connectivity index (χ0) is 22.0. The molecule has 9 heteroatoms. The summed E-state index contributed by atoms with van der Waals surface area (Å²) in [7, 11) is 0. The monoisotopic (exact) mass is 426 g/mol. The highest BCUT2D eigenvalue weighted by Gasteiger charge is 2.28. The lowest BCUT2D eigenvalue weighted by atomic mass is 10.1. The van der Waals surface area contributed by atoms with Gasteiger partial charge in [-0.2, -0.15) is 0 Å². The topological polar surface area (TPSA) is 95.8 Å². The van der Waals surface area contributed by atoms with E-state index >= 15 is 0 Å². The molecule has 0 atom stereocenters. The van der Waals surface area contributed by atoms with Crippen molar-refractivity contribution in [2.75, 3.05) is 31.5 Å². The van der Waals surface area contributed by atoms with Crippen LogP contribution in [0.5, 0.6) is 0 Å². The number of hydrogen-bond acceptors (Lipinski definition) is 5. The first-order valence-electron chi connectivity index (χ1n) is 10.3. The molecule has 0 unspecified atom stereocenters. The fourth-order valence-corrected chi connectivity index (χ4v) is 3.70. The predicted molar refractivity (Wildman–Crippen MR) is 113 cm³/mol. The summed E-state index contributed by atoms with van der Waals surface area (Å²) in [6.45, 7) is 1.36. The molecule has 4 rings (SSSR count). The van der Waals surface area contributed by atoms with E-state index in [0.717, 1.165) is 12.8 Å². The molecule has 31 heavy (non-hydrogen) atoms. The Morgan fingerprint density at radius 1 is 1.00 bits per heavy atom. The van der Waals surface area contributed by atoms with E-state index < -0.39 is 16.6 Å². The number of carbonyl (C=O) groups is 2. The molecule has 162 valence electrons. The molecule has 2 aromatic rings. The number of nitrogens with zero attached hydrogens (tertiary/aromatic N) is 3. The van der Waals surface area contributed by atoms with Gasteiger partial charge in [-0.05, 0) is 43.5 Å². The molecule has 2 fully saturated rings. The lowest BCUT2D eigenvalue weighted by Crippen LogP contribution is -2.37. The summed E-state index contributed by atoms with van der Waals surface area (Å²) in [4.78, 5) is 39.8. The molecule has 2 aliphatic rings. The maximum absolute atomic E-state index is 14.0. The molecule has 1 N–H and O–H groups in total. The van der Waals surface area contributed by atoms with Gasteiger partial charge in [0, 0.05) is 43.9 Å². The van der Waals surface area contributed by atoms with E-state index in [1.54, 1.807) is 23.1 Å². The molecule has 0 bridgehead atoms. The van der Waals surface area contributed by atoms with Crippen LogP contribution in [0.3, 0.4) is 0 Å². The van der Waals surface area contributed by atoms with E-state index in [4.69, 9.17) is 0 Å². The van der Waals surface area contributed by atoms with Crippen LogP contribution in [0.4, 0.5) is 15.8 Å². The first-order chi connectivity index (χ1) is 14.9. The molecule has 0 radical (unpaired) electrons. The molecule has 1 saturated carbocycles. The van der Waals surface area contributed by atoms with Gasteiger partial charge in [0.2, 0.25) is 0 Å². The van der Waals surface area contributed by atoms with Crippen molar-refractivity contribution in [3.05, 3.63) is 69.5 Å². The Morgan fingerprint density at radius 3 is 2.32 bits per heavy atom. The van der Waals surface area contributed by atoms with Crippen LogP contribution in [-0.4, -0.2) is 58.8 Å². The number of anilines is 1. The Morgan fingerprint density at radius 2 is 1.68 bits per heavy atom. The maximum atomic E-state index is 14.0. The number of halogens is 1. The molecule has 0 aromatic heterocycles. The number of amides is 2. The smallest absolute Gasteiger partial charge is 0.293 e. The standard InChI is InChI=1S/C22H23FN4O4/c23-18-5-2-1-4-17(18)22(29)26-11-3-10-25(12-13-26)21(28)15-6-9-19(24-16-7-8-16)20(14-15)27(30)31/h1-2,4-6,9,14,16,24H,3,7-8,10-13H2. The SMILES string of the molecule is O=C(c1ccc(NC2CC2)c([N+](=O)[O-])c1)N1CCCN(C(=O)c2ccccc2F)CC1. The average molecular weight is 426 g/mol. The second-order valence-corrected chi connectivity index (χ2v) is 7.83. The minimum Gasteiger partial charge on any atom is -0.377 e. The third kappa shape index (κ3) is 4.65. The van der Waals surface area contributed by atoms with Crippen molar-refractivity contribution in [1.29, 1.82) is 0 Å². The number of nitro benzene ring substituents is 1. The van der Waals surface area contributed by atoms with Gasteiger partial charge in [0.25, 0.3) is 17.5 Å². The van der Waals surface area contributed by atoms with Crippen molar-refractivity contribution in [3.8, 4) is 0 Å². The van der Waals surface area contributed by atoms with Gasteiger partial charge in [0.05, 0.1) is 10.5 Å². The van der Waals surface area contributed by atoms with Crippen LogP contribution in [-0.2, 0) is 0 Å². The van der Waals surface area contributed by atoms with Crippen LogP contribution in [0.25, 0.3) is 0 Å². The summed E-state index contributed by atoms with van der Waals surface area (Å²) < 4.78 is 14.0. The number of benzene rings is 2. The van der Waals surface area contributed by atoms with Gasteiger partial charge in [0.1, 0.15) is 11.5 Å². The summed E-state index contributed by atoms with van der Waals surface area (Å²) in [5.41, 5.74) is 0.545. The highest BCUT2D eigenvalue weighted by molar-refractivity contribution is 5.96. The lowest BCUT2D eigenvalue weighted by molar-refractivity contribution is -0.384. The van der Waals surface area contributed by atoms with Crippen molar-refractivity contribution < 1.29 is 18.9 Å². The molecular weight excluding hydrogens is 403 g/mol. The van der Waals surface area contributed by atoms with Crippen molar-refractivity contribution in [2.24, 2.45) is 0 Å². The minimum atomic E-state index is -0.572. The zero-order valence-corrected chi connectivity index (χ0v) is 16.9. The Balaban J connectivity index is 1.46. The van der Waals surface area contributed by atoms with E-state index in [9.17, 15) is 24.1 Å². The average Bonchev–Trinajstić information content (AvgIpc) is 3.60. The Bertz CT molecular complexity index is 1020. The van der Waals surface area contributed by atoms with E-state index in [-0.39, 0.29) is 41.9 Å². The summed E-state index contributed by atoms with van der Waals surface area (Å²) >= 11 is 0. The Hall–Kier alpha value is -3.49. The molecule has 2 aromatic carbocycles. The van der Waals surface area contributed by atoms with Crippen molar-refractivity contribution in [1.82, 2.24) is 9.80 Å². The van der Waals surface area contributed by atoms with Crippen molar-refractivity contribution in [2.45, 2.75) is 25.3 Å². The van der Waals surface area contributed by atoms with Gasteiger partial charge in [-0.15, -0.1) is 0 Å².